The first-order valence-electron chi connectivity index (χ1n) is 4.74. The van der Waals surface area contributed by atoms with Gasteiger partial charge in [0.25, 0.3) is 0 Å². The molecule has 0 spiro atoms. The van der Waals surface area contributed by atoms with E-state index in [0.717, 1.165) is 0 Å². The number of halogens is 2. The first-order chi connectivity index (χ1) is 8.10. The zero-order valence-corrected chi connectivity index (χ0v) is 9.70. The lowest BCUT2D eigenvalue weighted by atomic mass is 10.1. The first kappa shape index (κ1) is 11.6. The van der Waals surface area contributed by atoms with Crippen molar-refractivity contribution >= 4 is 17.5 Å². The Morgan fingerprint density at radius 1 is 1.29 bits per heavy atom. The summed E-state index contributed by atoms with van der Waals surface area (Å²) in [7, 11) is 1.48. The average molecular weight is 254 g/mol. The van der Waals surface area contributed by atoms with E-state index >= 15 is 0 Å². The summed E-state index contributed by atoms with van der Waals surface area (Å²) >= 11 is 5.70. The average Bonchev–Trinajstić information content (AvgIpc) is 2.32. The minimum atomic E-state index is -0.482. The van der Waals surface area contributed by atoms with E-state index in [4.69, 9.17) is 22.1 Å². The van der Waals surface area contributed by atoms with Crippen LogP contribution in [0.15, 0.2) is 24.3 Å². The molecule has 0 atom stereocenters. The molecule has 1 heterocycles. The summed E-state index contributed by atoms with van der Waals surface area (Å²) in [5, 5.41) is 0.0265. The second-order valence-electron chi connectivity index (χ2n) is 3.28. The van der Waals surface area contributed by atoms with Gasteiger partial charge in [-0.25, -0.2) is 9.37 Å². The van der Waals surface area contributed by atoms with Crippen molar-refractivity contribution in [2.24, 2.45) is 0 Å². The number of hydrogen-bond acceptors (Lipinski definition) is 4. The number of benzene rings is 1. The lowest BCUT2D eigenvalue weighted by Crippen LogP contribution is -1.99. The fourth-order valence-electron chi connectivity index (χ4n) is 1.35. The fraction of sp³-hybridized carbons (Fsp3) is 0.0909. The first-order valence-corrected chi connectivity index (χ1v) is 5.12. The lowest BCUT2D eigenvalue weighted by Gasteiger charge is -2.05. The molecule has 0 aliphatic rings. The highest BCUT2D eigenvalue weighted by Crippen LogP contribution is 2.25. The quantitative estimate of drug-likeness (QED) is 0.893. The van der Waals surface area contributed by atoms with Crippen LogP contribution >= 0.6 is 11.6 Å². The third-order valence-corrected chi connectivity index (χ3v) is 2.43. The molecule has 1 aromatic carbocycles. The molecule has 0 fully saturated rings. The number of methoxy groups -OCH3 is 1. The van der Waals surface area contributed by atoms with Crippen LogP contribution in [0.3, 0.4) is 0 Å². The SMILES string of the molecule is COc1cc(-c2ccc(F)c(Cl)c2)nc(N)n1. The number of aromatic nitrogens is 2. The molecule has 0 unspecified atom stereocenters. The Morgan fingerprint density at radius 3 is 2.71 bits per heavy atom. The van der Waals surface area contributed by atoms with Crippen molar-refractivity contribution in [1.29, 1.82) is 0 Å². The van der Waals surface area contributed by atoms with Crippen molar-refractivity contribution in [3.8, 4) is 17.1 Å². The summed E-state index contributed by atoms with van der Waals surface area (Å²) in [6, 6.07) is 5.89. The normalized spacial score (nSPS) is 10.3. The van der Waals surface area contributed by atoms with E-state index in [9.17, 15) is 4.39 Å². The third kappa shape index (κ3) is 2.45. The van der Waals surface area contributed by atoms with Crippen LogP contribution in [0.25, 0.3) is 11.3 Å². The van der Waals surface area contributed by atoms with Crippen LogP contribution in [0, 0.1) is 5.82 Å². The molecular formula is C11H9ClFN3O. The molecule has 4 nitrogen and oxygen atoms in total. The van der Waals surface area contributed by atoms with Crippen molar-refractivity contribution < 1.29 is 9.13 Å². The number of ether oxygens (including phenoxy) is 1. The molecule has 0 amide bonds. The Kier molecular flexibility index (Phi) is 3.10. The molecule has 6 heteroatoms. The van der Waals surface area contributed by atoms with Crippen LogP contribution in [0.2, 0.25) is 5.02 Å². The van der Waals surface area contributed by atoms with Crippen molar-refractivity contribution in [2.45, 2.75) is 0 Å². The number of hydrogen-bond donors (Lipinski definition) is 1. The van der Waals surface area contributed by atoms with Gasteiger partial charge in [-0.15, -0.1) is 0 Å². The number of rotatable bonds is 2. The van der Waals surface area contributed by atoms with Gasteiger partial charge in [0.15, 0.2) is 0 Å². The molecule has 2 aromatic rings. The Labute approximate surface area is 102 Å². The molecule has 2 N–H and O–H groups in total. The van der Waals surface area contributed by atoms with Crippen LogP contribution < -0.4 is 10.5 Å². The van der Waals surface area contributed by atoms with Gasteiger partial charge in [0.2, 0.25) is 11.8 Å². The minimum absolute atomic E-state index is 0.0265. The van der Waals surface area contributed by atoms with Crippen molar-refractivity contribution in [3.05, 3.63) is 35.1 Å². The second-order valence-corrected chi connectivity index (χ2v) is 3.69. The fourth-order valence-corrected chi connectivity index (χ4v) is 1.53. The van der Waals surface area contributed by atoms with Gasteiger partial charge >= 0.3 is 0 Å². The van der Waals surface area contributed by atoms with Crippen LogP contribution in [0.5, 0.6) is 5.88 Å². The smallest absolute Gasteiger partial charge is 0.223 e. The number of nitrogen functional groups attached to an aromatic ring is 1. The van der Waals surface area contributed by atoms with Gasteiger partial charge in [-0.05, 0) is 18.2 Å². The Balaban J connectivity index is 2.52. The van der Waals surface area contributed by atoms with E-state index in [0.29, 0.717) is 17.1 Å². The zero-order valence-electron chi connectivity index (χ0n) is 8.95. The van der Waals surface area contributed by atoms with E-state index in [2.05, 4.69) is 9.97 Å². The summed E-state index contributed by atoms with van der Waals surface area (Å²) in [6.07, 6.45) is 0. The zero-order chi connectivity index (χ0) is 12.4. The summed E-state index contributed by atoms with van der Waals surface area (Å²) in [5.74, 6) is -0.0582. The monoisotopic (exact) mass is 253 g/mol. The topological polar surface area (TPSA) is 61.0 Å². The molecule has 88 valence electrons. The number of anilines is 1. The molecule has 0 aliphatic heterocycles. The molecule has 0 radical (unpaired) electrons. The van der Waals surface area contributed by atoms with Crippen molar-refractivity contribution in [2.75, 3.05) is 12.8 Å². The van der Waals surface area contributed by atoms with Gasteiger partial charge in [-0.1, -0.05) is 11.6 Å². The van der Waals surface area contributed by atoms with Gasteiger partial charge in [0.1, 0.15) is 5.82 Å². The van der Waals surface area contributed by atoms with Crippen molar-refractivity contribution in [3.63, 3.8) is 0 Å². The maximum Gasteiger partial charge on any atom is 0.223 e. The van der Waals surface area contributed by atoms with E-state index in [1.165, 1.54) is 19.2 Å². The minimum Gasteiger partial charge on any atom is -0.481 e. The third-order valence-electron chi connectivity index (χ3n) is 2.14. The van der Waals surface area contributed by atoms with Gasteiger partial charge in [-0.2, -0.15) is 4.98 Å². The molecule has 2 rings (SSSR count). The Hall–Kier alpha value is -1.88. The predicted octanol–water partition coefficient (Wildman–Crippen LogP) is 2.53. The molecule has 1 aromatic heterocycles. The van der Waals surface area contributed by atoms with E-state index < -0.39 is 5.82 Å². The summed E-state index contributed by atoms with van der Waals surface area (Å²) in [6.45, 7) is 0. The standard InChI is InChI=1S/C11H9ClFN3O/c1-17-10-5-9(15-11(14)16-10)6-2-3-8(13)7(12)4-6/h2-5H,1H3,(H2,14,15,16). The van der Waals surface area contributed by atoms with Crippen LogP contribution in [0.4, 0.5) is 10.3 Å². The molecule has 17 heavy (non-hydrogen) atoms. The van der Waals surface area contributed by atoms with E-state index in [1.807, 2.05) is 0 Å². The van der Waals surface area contributed by atoms with Crippen LogP contribution in [-0.4, -0.2) is 17.1 Å². The van der Waals surface area contributed by atoms with Gasteiger partial charge in [0.05, 0.1) is 17.8 Å². The summed E-state index contributed by atoms with van der Waals surface area (Å²) in [4.78, 5) is 7.88. The highest BCUT2D eigenvalue weighted by Gasteiger charge is 2.07. The predicted molar refractivity (Wildman–Crippen MR) is 63.4 cm³/mol. The number of nitrogens with two attached hydrogens (primary N) is 1. The molecular weight excluding hydrogens is 245 g/mol. The van der Waals surface area contributed by atoms with Gasteiger partial charge < -0.3 is 10.5 Å². The molecule has 0 bridgehead atoms. The largest absolute Gasteiger partial charge is 0.481 e. The number of nitrogens with zero attached hydrogens (tertiary/aromatic N) is 2. The van der Waals surface area contributed by atoms with Crippen LogP contribution in [0.1, 0.15) is 0 Å². The Morgan fingerprint density at radius 2 is 2.06 bits per heavy atom. The maximum absolute atomic E-state index is 13.0. The van der Waals surface area contributed by atoms with Crippen molar-refractivity contribution in [1.82, 2.24) is 9.97 Å². The highest BCUT2D eigenvalue weighted by atomic mass is 35.5. The van der Waals surface area contributed by atoms with Gasteiger partial charge in [-0.3, -0.25) is 0 Å². The lowest BCUT2D eigenvalue weighted by molar-refractivity contribution is 0.398. The molecule has 0 aliphatic carbocycles. The molecule has 0 saturated heterocycles. The molecule has 0 saturated carbocycles. The van der Waals surface area contributed by atoms with E-state index in [1.54, 1.807) is 12.1 Å². The highest BCUT2D eigenvalue weighted by molar-refractivity contribution is 6.31. The summed E-state index contributed by atoms with van der Waals surface area (Å²) < 4.78 is 18.0. The Bertz CT molecular complexity index is 562. The van der Waals surface area contributed by atoms with Crippen LogP contribution in [-0.2, 0) is 0 Å². The second kappa shape index (κ2) is 4.55. The summed E-state index contributed by atoms with van der Waals surface area (Å²) in [5.41, 5.74) is 6.70. The maximum atomic E-state index is 13.0. The van der Waals surface area contributed by atoms with E-state index in [-0.39, 0.29) is 11.0 Å². The van der Waals surface area contributed by atoms with Gasteiger partial charge in [0, 0.05) is 11.6 Å².